The lowest BCUT2D eigenvalue weighted by Crippen LogP contribution is -2.16. The number of nitrogens with two attached hydrogens (primary N) is 2. The average Bonchev–Trinajstić information content (AvgIpc) is 2.08. The number of hydrogen-bond acceptors (Lipinski definition) is 2. The number of halogens is 1. The quantitative estimate of drug-likeness (QED) is 0.688. The molecule has 1 atom stereocenters. The van der Waals surface area contributed by atoms with Crippen molar-refractivity contribution in [3.8, 4) is 0 Å². The van der Waals surface area contributed by atoms with Gasteiger partial charge in [-0.2, -0.15) is 0 Å². The van der Waals surface area contributed by atoms with E-state index >= 15 is 0 Å². The average molecular weight is 182 g/mol. The normalized spacial score (nSPS) is 13.3. The molecule has 0 heterocycles. The van der Waals surface area contributed by atoms with Crippen LogP contribution in [-0.4, -0.2) is 0 Å². The van der Waals surface area contributed by atoms with E-state index < -0.39 is 5.82 Å². The summed E-state index contributed by atoms with van der Waals surface area (Å²) in [4.78, 5) is 0. The van der Waals surface area contributed by atoms with Gasteiger partial charge in [0.2, 0.25) is 0 Å². The van der Waals surface area contributed by atoms with Crippen LogP contribution in [0.2, 0.25) is 0 Å². The Kier molecular flexibility index (Phi) is 2.88. The van der Waals surface area contributed by atoms with E-state index in [0.717, 1.165) is 5.56 Å². The molecule has 0 spiro atoms. The molecule has 1 unspecified atom stereocenters. The van der Waals surface area contributed by atoms with Crippen molar-refractivity contribution in [2.75, 3.05) is 5.73 Å². The van der Waals surface area contributed by atoms with E-state index in [2.05, 4.69) is 0 Å². The van der Waals surface area contributed by atoms with Crippen LogP contribution in [0.15, 0.2) is 18.2 Å². The number of nitrogen functional groups attached to an aromatic ring is 1. The van der Waals surface area contributed by atoms with Crippen molar-refractivity contribution in [2.45, 2.75) is 19.9 Å². The molecule has 0 aromatic heterocycles. The SMILES string of the molecule is CC(C)C(N)c1ccc(N)c(F)c1. The van der Waals surface area contributed by atoms with E-state index in [1.165, 1.54) is 6.07 Å². The Bertz CT molecular complexity index is 297. The van der Waals surface area contributed by atoms with Crippen molar-refractivity contribution in [1.29, 1.82) is 0 Å². The maximum atomic E-state index is 13.0. The van der Waals surface area contributed by atoms with Gasteiger partial charge in [0.25, 0.3) is 0 Å². The van der Waals surface area contributed by atoms with E-state index in [1.807, 2.05) is 13.8 Å². The third kappa shape index (κ3) is 2.18. The second-order valence-electron chi connectivity index (χ2n) is 3.55. The van der Waals surface area contributed by atoms with Crippen molar-refractivity contribution in [3.05, 3.63) is 29.6 Å². The fraction of sp³-hybridized carbons (Fsp3) is 0.400. The molecule has 1 aromatic carbocycles. The molecule has 1 aromatic rings. The van der Waals surface area contributed by atoms with Gasteiger partial charge in [-0.3, -0.25) is 0 Å². The van der Waals surface area contributed by atoms with Gasteiger partial charge >= 0.3 is 0 Å². The van der Waals surface area contributed by atoms with Crippen LogP contribution in [0.25, 0.3) is 0 Å². The third-order valence-corrected chi connectivity index (χ3v) is 2.13. The fourth-order valence-corrected chi connectivity index (χ4v) is 1.14. The highest BCUT2D eigenvalue weighted by molar-refractivity contribution is 5.42. The van der Waals surface area contributed by atoms with Crippen molar-refractivity contribution in [3.63, 3.8) is 0 Å². The van der Waals surface area contributed by atoms with Gasteiger partial charge in [0.1, 0.15) is 5.82 Å². The molecule has 13 heavy (non-hydrogen) atoms. The molecule has 2 nitrogen and oxygen atoms in total. The molecule has 1 rings (SSSR count). The molecule has 0 radical (unpaired) electrons. The minimum absolute atomic E-state index is 0.130. The number of rotatable bonds is 2. The van der Waals surface area contributed by atoms with Crippen LogP contribution < -0.4 is 11.5 Å². The second-order valence-corrected chi connectivity index (χ2v) is 3.55. The van der Waals surface area contributed by atoms with Gasteiger partial charge < -0.3 is 11.5 Å². The summed E-state index contributed by atoms with van der Waals surface area (Å²) in [6, 6.07) is 4.59. The highest BCUT2D eigenvalue weighted by Gasteiger charge is 2.11. The molecule has 0 saturated carbocycles. The van der Waals surface area contributed by atoms with Crippen molar-refractivity contribution in [1.82, 2.24) is 0 Å². The lowest BCUT2D eigenvalue weighted by Gasteiger charge is -2.16. The zero-order chi connectivity index (χ0) is 10.0. The van der Waals surface area contributed by atoms with Crippen LogP contribution in [-0.2, 0) is 0 Å². The van der Waals surface area contributed by atoms with Gasteiger partial charge in [-0.25, -0.2) is 4.39 Å². The highest BCUT2D eigenvalue weighted by atomic mass is 19.1. The fourth-order valence-electron chi connectivity index (χ4n) is 1.14. The molecule has 0 fully saturated rings. The van der Waals surface area contributed by atoms with E-state index in [9.17, 15) is 4.39 Å². The van der Waals surface area contributed by atoms with Crippen LogP contribution in [0.5, 0.6) is 0 Å². The van der Waals surface area contributed by atoms with Crippen molar-refractivity contribution >= 4 is 5.69 Å². The predicted molar refractivity (Wildman–Crippen MR) is 52.6 cm³/mol. The first kappa shape index (κ1) is 9.99. The molecule has 3 heteroatoms. The number of hydrogen-bond donors (Lipinski definition) is 2. The summed E-state index contributed by atoms with van der Waals surface area (Å²) in [5.41, 5.74) is 12.2. The van der Waals surface area contributed by atoms with Gasteiger partial charge in [-0.1, -0.05) is 19.9 Å². The predicted octanol–water partition coefficient (Wildman–Crippen LogP) is 2.06. The number of benzene rings is 1. The molecular formula is C10H15FN2. The van der Waals surface area contributed by atoms with Gasteiger partial charge in [0.05, 0.1) is 5.69 Å². The summed E-state index contributed by atoms with van der Waals surface area (Å²) in [6.07, 6.45) is 0. The summed E-state index contributed by atoms with van der Waals surface area (Å²) in [6.45, 7) is 4.00. The van der Waals surface area contributed by atoms with E-state index in [-0.39, 0.29) is 11.7 Å². The maximum Gasteiger partial charge on any atom is 0.146 e. The van der Waals surface area contributed by atoms with Crippen molar-refractivity contribution in [2.24, 2.45) is 11.7 Å². The Labute approximate surface area is 77.7 Å². The summed E-state index contributed by atoms with van der Waals surface area (Å²) in [5.74, 6) is -0.100. The summed E-state index contributed by atoms with van der Waals surface area (Å²) in [7, 11) is 0. The monoisotopic (exact) mass is 182 g/mol. The largest absolute Gasteiger partial charge is 0.396 e. The Morgan fingerprint density at radius 2 is 1.92 bits per heavy atom. The zero-order valence-electron chi connectivity index (χ0n) is 7.92. The van der Waals surface area contributed by atoms with Crippen LogP contribution in [0.1, 0.15) is 25.5 Å². The van der Waals surface area contributed by atoms with Gasteiger partial charge in [-0.05, 0) is 23.6 Å². The Morgan fingerprint density at radius 1 is 1.31 bits per heavy atom. The van der Waals surface area contributed by atoms with Crippen LogP contribution in [0.3, 0.4) is 0 Å². The van der Waals surface area contributed by atoms with E-state index in [4.69, 9.17) is 11.5 Å². The smallest absolute Gasteiger partial charge is 0.146 e. The standard InChI is InChI=1S/C10H15FN2/c1-6(2)10(13)7-3-4-9(12)8(11)5-7/h3-6,10H,12-13H2,1-2H3. The molecular weight excluding hydrogens is 167 g/mol. The summed E-state index contributed by atoms with van der Waals surface area (Å²) < 4.78 is 13.0. The molecule has 4 N–H and O–H groups in total. The molecule has 0 saturated heterocycles. The van der Waals surface area contributed by atoms with Crippen molar-refractivity contribution < 1.29 is 4.39 Å². The number of anilines is 1. The first-order valence-corrected chi connectivity index (χ1v) is 4.33. The molecule has 0 aliphatic carbocycles. The van der Waals surface area contributed by atoms with Crippen LogP contribution in [0, 0.1) is 11.7 Å². The van der Waals surface area contributed by atoms with E-state index in [0.29, 0.717) is 5.92 Å². The molecule has 72 valence electrons. The van der Waals surface area contributed by atoms with Gasteiger partial charge in [0.15, 0.2) is 0 Å². The Balaban J connectivity index is 2.97. The molecule has 0 aliphatic heterocycles. The minimum Gasteiger partial charge on any atom is -0.396 e. The maximum absolute atomic E-state index is 13.0. The topological polar surface area (TPSA) is 52.0 Å². The first-order chi connectivity index (χ1) is 6.02. The van der Waals surface area contributed by atoms with Gasteiger partial charge in [0, 0.05) is 6.04 Å². The molecule has 0 amide bonds. The second kappa shape index (κ2) is 3.75. The lowest BCUT2D eigenvalue weighted by molar-refractivity contribution is 0.510. The van der Waals surface area contributed by atoms with Gasteiger partial charge in [-0.15, -0.1) is 0 Å². The summed E-state index contributed by atoms with van der Waals surface area (Å²) >= 11 is 0. The molecule has 0 aliphatic rings. The lowest BCUT2D eigenvalue weighted by atomic mass is 9.97. The zero-order valence-corrected chi connectivity index (χ0v) is 7.92. The van der Waals surface area contributed by atoms with Crippen LogP contribution >= 0.6 is 0 Å². The first-order valence-electron chi connectivity index (χ1n) is 4.33. The summed E-state index contributed by atoms with van der Waals surface area (Å²) in [5, 5.41) is 0. The Hall–Kier alpha value is -1.09. The Morgan fingerprint density at radius 3 is 2.38 bits per heavy atom. The highest BCUT2D eigenvalue weighted by Crippen LogP contribution is 2.21. The minimum atomic E-state index is -0.395. The van der Waals surface area contributed by atoms with Crippen LogP contribution in [0.4, 0.5) is 10.1 Å². The third-order valence-electron chi connectivity index (χ3n) is 2.13. The molecule has 0 bridgehead atoms. The van der Waals surface area contributed by atoms with E-state index in [1.54, 1.807) is 12.1 Å².